The Balaban J connectivity index is 0.00000144. The second kappa shape index (κ2) is 6.63. The van der Waals surface area contributed by atoms with Crippen molar-refractivity contribution in [1.82, 2.24) is 0 Å². The van der Waals surface area contributed by atoms with Crippen molar-refractivity contribution in [2.24, 2.45) is 0 Å². The van der Waals surface area contributed by atoms with Gasteiger partial charge in [-0.15, -0.1) is 0 Å². The zero-order valence-electron chi connectivity index (χ0n) is 13.9. The van der Waals surface area contributed by atoms with E-state index >= 15 is 0 Å². The minimum Gasteiger partial charge on any atom is -1.00 e. The summed E-state index contributed by atoms with van der Waals surface area (Å²) < 4.78 is 31.5. The second-order valence-corrected chi connectivity index (χ2v) is 6.71. The third-order valence-corrected chi connectivity index (χ3v) is 4.48. The van der Waals surface area contributed by atoms with Crippen LogP contribution in [-0.2, 0) is 10.1 Å². The Morgan fingerprint density at radius 2 is 1.61 bits per heavy atom. The first-order valence-corrected chi connectivity index (χ1v) is 8.16. The van der Waals surface area contributed by atoms with Crippen molar-refractivity contribution in [3.63, 3.8) is 0 Å². The molecule has 6 heteroatoms. The standard InChI is InChI=1S/C17H15NO3S.Na.H/c1-11-2-7-17(18)16(8-11)14-4-3-13-10-15(22(19,20)21)6-5-12(13)9-14;;/h2-10H,18H2,1H3,(H,19,20,21);;/q;+1;-1. The van der Waals surface area contributed by atoms with Gasteiger partial charge in [0.25, 0.3) is 10.1 Å². The number of rotatable bonds is 2. The number of aryl methyl sites for hydroxylation is 1. The maximum atomic E-state index is 11.2. The van der Waals surface area contributed by atoms with E-state index in [-0.39, 0.29) is 35.9 Å². The molecule has 0 atom stereocenters. The molecule has 3 aromatic carbocycles. The third kappa shape index (κ3) is 3.76. The van der Waals surface area contributed by atoms with Crippen molar-refractivity contribution in [2.45, 2.75) is 11.8 Å². The Kier molecular flexibility index (Phi) is 5.18. The Labute approximate surface area is 158 Å². The number of benzene rings is 3. The van der Waals surface area contributed by atoms with E-state index in [9.17, 15) is 8.42 Å². The van der Waals surface area contributed by atoms with Crippen molar-refractivity contribution in [3.8, 4) is 11.1 Å². The summed E-state index contributed by atoms with van der Waals surface area (Å²) in [5.41, 5.74) is 9.76. The molecule has 3 aromatic rings. The van der Waals surface area contributed by atoms with E-state index in [0.29, 0.717) is 5.69 Å². The van der Waals surface area contributed by atoms with Gasteiger partial charge in [0.2, 0.25) is 0 Å². The fourth-order valence-corrected chi connectivity index (χ4v) is 2.99. The normalized spacial score (nSPS) is 11.2. The first kappa shape index (κ1) is 18.0. The van der Waals surface area contributed by atoms with E-state index < -0.39 is 10.1 Å². The molecule has 3 rings (SSSR count). The Bertz CT molecular complexity index is 990. The molecule has 0 aliphatic carbocycles. The molecule has 0 unspecified atom stereocenters. The molecule has 0 radical (unpaired) electrons. The zero-order valence-corrected chi connectivity index (χ0v) is 15.8. The van der Waals surface area contributed by atoms with Crippen LogP contribution in [0.15, 0.2) is 59.5 Å². The maximum absolute atomic E-state index is 11.2. The molecule has 4 nitrogen and oxygen atoms in total. The van der Waals surface area contributed by atoms with Crippen molar-refractivity contribution in [3.05, 3.63) is 60.2 Å². The Morgan fingerprint density at radius 3 is 2.30 bits per heavy atom. The Morgan fingerprint density at radius 1 is 0.957 bits per heavy atom. The van der Waals surface area contributed by atoms with Gasteiger partial charge in [0.05, 0.1) is 4.90 Å². The first-order valence-electron chi connectivity index (χ1n) is 6.72. The molecular weight excluding hydrogens is 321 g/mol. The minimum atomic E-state index is -4.19. The van der Waals surface area contributed by atoms with Crippen molar-refractivity contribution in [1.29, 1.82) is 0 Å². The van der Waals surface area contributed by atoms with Gasteiger partial charge in [-0.25, -0.2) is 0 Å². The SMILES string of the molecule is Cc1ccc(N)c(-c2ccc3cc(S(=O)(=O)O)ccc3c2)c1.[H-].[Na+]. The average molecular weight is 337 g/mol. The second-order valence-electron chi connectivity index (χ2n) is 5.29. The number of fused-ring (bicyclic) bond motifs is 1. The van der Waals surface area contributed by atoms with E-state index in [1.165, 1.54) is 12.1 Å². The molecule has 0 amide bonds. The van der Waals surface area contributed by atoms with Gasteiger partial charge >= 0.3 is 29.6 Å². The van der Waals surface area contributed by atoms with Crippen LogP contribution in [-0.4, -0.2) is 13.0 Å². The van der Waals surface area contributed by atoms with Crippen LogP contribution in [0.25, 0.3) is 21.9 Å². The molecule has 0 saturated heterocycles. The van der Waals surface area contributed by atoms with Crippen molar-refractivity contribution in [2.75, 3.05) is 5.73 Å². The van der Waals surface area contributed by atoms with E-state index in [1.807, 2.05) is 43.3 Å². The molecule has 23 heavy (non-hydrogen) atoms. The number of hydrogen-bond acceptors (Lipinski definition) is 3. The summed E-state index contributed by atoms with van der Waals surface area (Å²) in [7, 11) is -4.19. The molecule has 0 heterocycles. The largest absolute Gasteiger partial charge is 1.00 e. The zero-order chi connectivity index (χ0) is 15.9. The van der Waals surface area contributed by atoms with Crippen LogP contribution < -0.4 is 35.3 Å². The summed E-state index contributed by atoms with van der Waals surface area (Å²) in [5, 5.41) is 1.62. The van der Waals surface area contributed by atoms with Crippen LogP contribution >= 0.6 is 0 Å². The molecule has 0 fully saturated rings. The monoisotopic (exact) mass is 337 g/mol. The first-order chi connectivity index (χ1) is 10.3. The van der Waals surface area contributed by atoms with Crippen molar-refractivity contribution >= 4 is 26.6 Å². The quantitative estimate of drug-likeness (QED) is 0.411. The minimum absolute atomic E-state index is 0. The van der Waals surface area contributed by atoms with Gasteiger partial charge in [0.1, 0.15) is 0 Å². The van der Waals surface area contributed by atoms with Gasteiger partial charge in [-0.05, 0) is 53.6 Å². The molecule has 0 spiro atoms. The molecule has 0 aliphatic heterocycles. The predicted octanol–water partition coefficient (Wildman–Crippen LogP) is 0.761. The molecule has 114 valence electrons. The molecular formula is C17H16NNaO3S. The van der Waals surface area contributed by atoms with Crippen LogP contribution in [0.2, 0.25) is 0 Å². The maximum Gasteiger partial charge on any atom is 1.00 e. The number of anilines is 1. The van der Waals surface area contributed by atoms with E-state index in [4.69, 9.17) is 10.3 Å². The van der Waals surface area contributed by atoms with Crippen LogP contribution in [0.4, 0.5) is 5.69 Å². The number of nitrogen functional groups attached to an aromatic ring is 1. The summed E-state index contributed by atoms with van der Waals surface area (Å²) in [6, 6.07) is 16.0. The van der Waals surface area contributed by atoms with Crippen LogP contribution in [0, 0.1) is 6.92 Å². The van der Waals surface area contributed by atoms with Crippen LogP contribution in [0.5, 0.6) is 0 Å². The summed E-state index contributed by atoms with van der Waals surface area (Å²) in [6.07, 6.45) is 0. The van der Waals surface area contributed by atoms with Gasteiger partial charge in [0.15, 0.2) is 0 Å². The summed E-state index contributed by atoms with van der Waals surface area (Å²) in [5.74, 6) is 0. The number of hydrogen-bond donors (Lipinski definition) is 2. The topological polar surface area (TPSA) is 80.4 Å². The third-order valence-electron chi connectivity index (χ3n) is 3.63. The van der Waals surface area contributed by atoms with E-state index in [2.05, 4.69) is 0 Å². The van der Waals surface area contributed by atoms with Gasteiger partial charge in [-0.3, -0.25) is 4.55 Å². The fourth-order valence-electron chi connectivity index (χ4n) is 2.47. The van der Waals surface area contributed by atoms with E-state index in [0.717, 1.165) is 27.5 Å². The fraction of sp³-hybridized carbons (Fsp3) is 0.0588. The number of nitrogens with two attached hydrogens (primary N) is 1. The molecule has 0 saturated carbocycles. The molecule has 0 bridgehead atoms. The Hall–Kier alpha value is -1.37. The van der Waals surface area contributed by atoms with Gasteiger partial charge in [-0.2, -0.15) is 8.42 Å². The smallest absolute Gasteiger partial charge is 1.00 e. The van der Waals surface area contributed by atoms with Crippen LogP contribution in [0.1, 0.15) is 6.99 Å². The summed E-state index contributed by atoms with van der Waals surface area (Å²) in [4.78, 5) is -0.109. The molecule has 3 N–H and O–H groups in total. The summed E-state index contributed by atoms with van der Waals surface area (Å²) >= 11 is 0. The van der Waals surface area contributed by atoms with Gasteiger partial charge in [0, 0.05) is 11.3 Å². The molecule has 0 aliphatic rings. The van der Waals surface area contributed by atoms with Crippen molar-refractivity contribution < 1.29 is 44.0 Å². The van der Waals surface area contributed by atoms with Gasteiger partial charge in [-0.1, -0.05) is 29.8 Å². The predicted molar refractivity (Wildman–Crippen MR) is 89.5 cm³/mol. The molecule has 0 aromatic heterocycles. The average Bonchev–Trinajstić information content (AvgIpc) is 2.47. The summed E-state index contributed by atoms with van der Waals surface area (Å²) in [6.45, 7) is 2.00. The van der Waals surface area contributed by atoms with Gasteiger partial charge < -0.3 is 7.16 Å². The van der Waals surface area contributed by atoms with E-state index in [1.54, 1.807) is 6.07 Å². The van der Waals surface area contributed by atoms with Crippen LogP contribution in [0.3, 0.4) is 0 Å².